The second-order valence-corrected chi connectivity index (χ2v) is 5.19. The number of halogens is 3. The molecule has 28 heavy (non-hydrogen) atoms. The topological polar surface area (TPSA) is 115 Å². The molecular weight excluding hydrogens is 381 g/mol. The maximum atomic E-state index is 12.2. The van der Waals surface area contributed by atoms with Crippen molar-refractivity contribution in [2.24, 2.45) is 0 Å². The highest BCUT2D eigenvalue weighted by molar-refractivity contribution is 5.81. The zero-order valence-corrected chi connectivity index (χ0v) is 13.8. The smallest absolute Gasteiger partial charge is 0.465 e. The van der Waals surface area contributed by atoms with E-state index in [-0.39, 0.29) is 11.6 Å². The molecule has 0 atom stereocenters. The molecule has 0 unspecified atom stereocenters. The molecule has 144 valence electrons. The Hall–Kier alpha value is -3.96. The Balaban J connectivity index is 1.66. The zero-order chi connectivity index (χ0) is 20.1. The minimum atomic E-state index is -4.79. The number of nitrogens with one attached hydrogen (secondary N) is 1. The summed E-state index contributed by atoms with van der Waals surface area (Å²) in [6.45, 7) is 0. The predicted molar refractivity (Wildman–Crippen MR) is 90.6 cm³/mol. The van der Waals surface area contributed by atoms with Crippen LogP contribution in [0.5, 0.6) is 5.75 Å². The summed E-state index contributed by atoms with van der Waals surface area (Å²) in [6.07, 6.45) is 0.981. The molecule has 3 heterocycles. The summed E-state index contributed by atoms with van der Waals surface area (Å²) in [5, 5.41) is 14.9. The van der Waals surface area contributed by atoms with E-state index in [1.165, 1.54) is 29.3 Å². The van der Waals surface area contributed by atoms with Crippen LogP contribution in [-0.2, 0) is 0 Å². The van der Waals surface area contributed by atoms with E-state index in [9.17, 15) is 18.0 Å². The minimum absolute atomic E-state index is 0.191. The molecule has 0 aliphatic heterocycles. The maximum absolute atomic E-state index is 12.2. The van der Waals surface area contributed by atoms with E-state index in [0.29, 0.717) is 11.4 Å². The van der Waals surface area contributed by atoms with Crippen molar-refractivity contribution >= 4 is 24.1 Å². The van der Waals surface area contributed by atoms with Crippen LogP contribution in [-0.4, -0.2) is 42.3 Å². The van der Waals surface area contributed by atoms with Gasteiger partial charge in [0, 0.05) is 6.20 Å². The summed E-state index contributed by atoms with van der Waals surface area (Å²) in [5.74, 6) is 0.332. The van der Waals surface area contributed by atoms with Gasteiger partial charge < -0.3 is 9.84 Å². The molecule has 0 aromatic carbocycles. The van der Waals surface area contributed by atoms with Gasteiger partial charge in [-0.1, -0.05) is 0 Å². The number of pyridine rings is 2. The van der Waals surface area contributed by atoms with Crippen LogP contribution < -0.4 is 10.1 Å². The molecule has 0 aliphatic rings. The molecular formula is C16H11F3N6O3. The summed E-state index contributed by atoms with van der Waals surface area (Å²) >= 11 is 0. The van der Waals surface area contributed by atoms with Gasteiger partial charge in [0.2, 0.25) is 0 Å². The number of rotatable bonds is 5. The molecule has 0 bridgehead atoms. The average molecular weight is 392 g/mol. The van der Waals surface area contributed by atoms with Gasteiger partial charge in [0.25, 0.3) is 0 Å². The quantitative estimate of drug-likeness (QED) is 0.685. The van der Waals surface area contributed by atoms with E-state index in [2.05, 4.69) is 30.1 Å². The van der Waals surface area contributed by atoms with E-state index in [1.807, 2.05) is 0 Å². The average Bonchev–Trinajstić information content (AvgIpc) is 3.09. The van der Waals surface area contributed by atoms with Crippen LogP contribution >= 0.6 is 0 Å². The Morgan fingerprint density at radius 3 is 2.54 bits per heavy atom. The molecule has 0 radical (unpaired) electrons. The summed E-state index contributed by atoms with van der Waals surface area (Å²) in [6, 6.07) is 5.56. The normalized spacial score (nSPS) is 11.5. The minimum Gasteiger partial charge on any atom is -0.465 e. The third-order valence-corrected chi connectivity index (χ3v) is 3.14. The maximum Gasteiger partial charge on any atom is 0.573 e. The number of ether oxygens (including phenoxy) is 1. The fourth-order valence-electron chi connectivity index (χ4n) is 2.02. The van der Waals surface area contributed by atoms with Gasteiger partial charge in [-0.2, -0.15) is 0 Å². The number of aromatic nitrogens is 5. The van der Waals surface area contributed by atoms with Crippen LogP contribution in [0.1, 0.15) is 11.4 Å². The summed E-state index contributed by atoms with van der Waals surface area (Å²) in [7, 11) is 0. The number of alkyl halides is 3. The first-order valence-electron chi connectivity index (χ1n) is 7.56. The van der Waals surface area contributed by atoms with E-state index in [4.69, 9.17) is 5.11 Å². The van der Waals surface area contributed by atoms with Gasteiger partial charge in [0.15, 0.2) is 11.6 Å². The van der Waals surface area contributed by atoms with Gasteiger partial charge >= 0.3 is 12.5 Å². The van der Waals surface area contributed by atoms with Gasteiger partial charge in [0.1, 0.15) is 17.9 Å². The Labute approximate surface area is 155 Å². The van der Waals surface area contributed by atoms with Crippen molar-refractivity contribution in [3.63, 3.8) is 0 Å². The Kier molecular flexibility index (Phi) is 5.20. The lowest BCUT2D eigenvalue weighted by Gasteiger charge is -2.08. The molecule has 0 aliphatic carbocycles. The van der Waals surface area contributed by atoms with Crippen molar-refractivity contribution in [1.29, 1.82) is 0 Å². The molecule has 1 amide bonds. The third-order valence-electron chi connectivity index (χ3n) is 3.14. The lowest BCUT2D eigenvalue weighted by Crippen LogP contribution is -2.17. The van der Waals surface area contributed by atoms with Gasteiger partial charge in [-0.3, -0.25) is 5.32 Å². The molecule has 3 aromatic rings. The standard InChI is InChI=1S/C16H11F3N6O3/c17-16(18,19)28-11-3-6-14(21-8-11)25-9-22-13(24-25)5-2-10-1-4-12(20-7-10)23-15(26)27/h1-9H,(H,20,23)(H,26,27)/b5-2+. The highest BCUT2D eigenvalue weighted by atomic mass is 19.4. The van der Waals surface area contributed by atoms with Gasteiger partial charge in [-0.15, -0.1) is 18.3 Å². The van der Waals surface area contributed by atoms with Crippen molar-refractivity contribution in [1.82, 2.24) is 24.7 Å². The SMILES string of the molecule is O=C(O)Nc1ccc(/C=C/c2ncn(-c3ccc(OC(F)(F)F)cn3)n2)cn1. The lowest BCUT2D eigenvalue weighted by atomic mass is 10.2. The zero-order valence-electron chi connectivity index (χ0n) is 13.8. The number of carboxylic acid groups (broad SMARTS) is 1. The molecule has 3 aromatic heterocycles. The van der Waals surface area contributed by atoms with Crippen molar-refractivity contribution in [2.75, 3.05) is 5.32 Å². The first kappa shape index (κ1) is 18.8. The number of anilines is 1. The molecule has 3 rings (SSSR count). The number of amides is 1. The summed E-state index contributed by atoms with van der Waals surface area (Å²) in [4.78, 5) is 22.3. The van der Waals surface area contributed by atoms with Crippen molar-refractivity contribution in [3.8, 4) is 11.6 Å². The van der Waals surface area contributed by atoms with Crippen LogP contribution in [0, 0.1) is 0 Å². The molecule has 0 saturated heterocycles. The lowest BCUT2D eigenvalue weighted by molar-refractivity contribution is -0.274. The molecule has 9 nitrogen and oxygen atoms in total. The second kappa shape index (κ2) is 7.73. The Bertz CT molecular complexity index is 984. The molecule has 0 spiro atoms. The molecule has 2 N–H and O–H groups in total. The summed E-state index contributed by atoms with van der Waals surface area (Å²) < 4.78 is 41.5. The fraction of sp³-hybridized carbons (Fsp3) is 0.0625. The highest BCUT2D eigenvalue weighted by Gasteiger charge is 2.31. The van der Waals surface area contributed by atoms with E-state index >= 15 is 0 Å². The van der Waals surface area contributed by atoms with Crippen LogP contribution in [0.15, 0.2) is 43.0 Å². The second-order valence-electron chi connectivity index (χ2n) is 5.19. The van der Waals surface area contributed by atoms with Crippen LogP contribution in [0.25, 0.3) is 18.0 Å². The Morgan fingerprint density at radius 2 is 1.93 bits per heavy atom. The predicted octanol–water partition coefficient (Wildman–Crippen LogP) is 3.22. The van der Waals surface area contributed by atoms with E-state index in [0.717, 1.165) is 12.3 Å². The van der Waals surface area contributed by atoms with Crippen LogP contribution in [0.4, 0.5) is 23.8 Å². The highest BCUT2D eigenvalue weighted by Crippen LogP contribution is 2.22. The van der Waals surface area contributed by atoms with Gasteiger partial charge in [-0.25, -0.2) is 24.4 Å². The molecule has 0 saturated carbocycles. The first-order chi connectivity index (χ1) is 13.3. The third kappa shape index (κ3) is 5.27. The van der Waals surface area contributed by atoms with Crippen molar-refractivity contribution in [3.05, 3.63) is 54.4 Å². The molecule has 12 heteroatoms. The van der Waals surface area contributed by atoms with E-state index < -0.39 is 18.2 Å². The van der Waals surface area contributed by atoms with Crippen LogP contribution in [0.3, 0.4) is 0 Å². The van der Waals surface area contributed by atoms with Gasteiger partial charge in [-0.05, 0) is 42.0 Å². The van der Waals surface area contributed by atoms with E-state index in [1.54, 1.807) is 18.2 Å². The number of nitrogens with zero attached hydrogens (tertiary/aromatic N) is 5. The van der Waals surface area contributed by atoms with Crippen LogP contribution in [0.2, 0.25) is 0 Å². The molecule has 0 fully saturated rings. The van der Waals surface area contributed by atoms with Gasteiger partial charge in [0.05, 0.1) is 6.20 Å². The fourth-order valence-corrected chi connectivity index (χ4v) is 2.02. The van der Waals surface area contributed by atoms with Crippen molar-refractivity contribution in [2.45, 2.75) is 6.36 Å². The first-order valence-corrected chi connectivity index (χ1v) is 7.56. The summed E-state index contributed by atoms with van der Waals surface area (Å²) in [5.41, 5.74) is 0.680. The Morgan fingerprint density at radius 1 is 1.11 bits per heavy atom. The largest absolute Gasteiger partial charge is 0.573 e. The monoisotopic (exact) mass is 392 g/mol. The number of carbonyl (C=O) groups is 1. The number of hydrogen-bond donors (Lipinski definition) is 2. The van der Waals surface area contributed by atoms with Crippen molar-refractivity contribution < 1.29 is 27.8 Å². The number of hydrogen-bond acceptors (Lipinski definition) is 6.